The number of hydrogen-bond acceptors (Lipinski definition) is 6. The summed E-state index contributed by atoms with van der Waals surface area (Å²) in [6.45, 7) is 3.22. The quantitative estimate of drug-likeness (QED) is 0.875. The lowest BCUT2D eigenvalue weighted by Crippen LogP contribution is -2.58. The second-order valence-electron chi connectivity index (χ2n) is 5.88. The molecule has 2 heterocycles. The number of aliphatic carboxylic acids is 1. The highest BCUT2D eigenvalue weighted by molar-refractivity contribution is 7.89. The molecule has 0 spiro atoms. The smallest absolute Gasteiger partial charge is 0.324 e. The van der Waals surface area contributed by atoms with Gasteiger partial charge in [-0.1, -0.05) is 17.3 Å². The van der Waals surface area contributed by atoms with Crippen LogP contribution in [0.15, 0.2) is 45.9 Å². The number of morpholine rings is 1. The van der Waals surface area contributed by atoms with E-state index in [1.54, 1.807) is 38.1 Å². The first-order chi connectivity index (χ1) is 11.8. The highest BCUT2D eigenvalue weighted by atomic mass is 32.2. The highest BCUT2D eigenvalue weighted by Gasteiger charge is 2.45. The number of benzene rings is 1. The fourth-order valence-electron chi connectivity index (χ4n) is 3.03. The SMILES string of the molecule is CC1CN(S(=O)(=O)c2ccccc2-c2ccno2)C(C(=O)O)C(C)O1. The van der Waals surface area contributed by atoms with Crippen LogP contribution in [0.3, 0.4) is 0 Å². The Morgan fingerprint density at radius 2 is 2.00 bits per heavy atom. The van der Waals surface area contributed by atoms with Gasteiger partial charge in [0.15, 0.2) is 5.76 Å². The van der Waals surface area contributed by atoms with E-state index in [9.17, 15) is 18.3 Å². The van der Waals surface area contributed by atoms with E-state index in [0.717, 1.165) is 4.31 Å². The number of ether oxygens (including phenoxy) is 1. The average molecular weight is 366 g/mol. The molecule has 1 fully saturated rings. The number of carbonyl (C=O) groups is 1. The van der Waals surface area contributed by atoms with Crippen molar-refractivity contribution >= 4 is 16.0 Å². The van der Waals surface area contributed by atoms with Crippen LogP contribution < -0.4 is 0 Å². The standard InChI is InChI=1S/C16H18N2O6S/c1-10-9-18(15(16(19)20)11(2)23-10)25(21,22)14-6-4-3-5-12(14)13-7-8-17-24-13/h3-8,10-11,15H,9H2,1-2H3,(H,19,20). The third kappa shape index (κ3) is 3.17. The van der Waals surface area contributed by atoms with E-state index < -0.39 is 34.2 Å². The van der Waals surface area contributed by atoms with Gasteiger partial charge in [-0.25, -0.2) is 8.42 Å². The Hall–Kier alpha value is -2.23. The summed E-state index contributed by atoms with van der Waals surface area (Å²) in [5.41, 5.74) is 0.330. The van der Waals surface area contributed by atoms with Gasteiger partial charge in [0.25, 0.3) is 0 Å². The molecule has 1 N–H and O–H groups in total. The minimum Gasteiger partial charge on any atom is -0.480 e. The molecule has 0 saturated carbocycles. The van der Waals surface area contributed by atoms with Gasteiger partial charge in [0, 0.05) is 18.2 Å². The molecule has 0 amide bonds. The van der Waals surface area contributed by atoms with Crippen LogP contribution in [0.5, 0.6) is 0 Å². The number of hydrogen-bond donors (Lipinski definition) is 1. The van der Waals surface area contributed by atoms with Gasteiger partial charge >= 0.3 is 5.97 Å². The van der Waals surface area contributed by atoms with Crippen molar-refractivity contribution in [2.24, 2.45) is 0 Å². The number of aromatic nitrogens is 1. The zero-order valence-electron chi connectivity index (χ0n) is 13.7. The maximum absolute atomic E-state index is 13.3. The first kappa shape index (κ1) is 17.6. The molecule has 2 aromatic rings. The van der Waals surface area contributed by atoms with Crippen molar-refractivity contribution in [3.63, 3.8) is 0 Å². The van der Waals surface area contributed by atoms with Gasteiger partial charge in [0.05, 0.1) is 23.3 Å². The second-order valence-corrected chi connectivity index (χ2v) is 7.74. The Balaban J connectivity index is 2.11. The Labute approximate surface area is 145 Å². The summed E-state index contributed by atoms with van der Waals surface area (Å²) in [6, 6.07) is 6.52. The van der Waals surface area contributed by atoms with Gasteiger partial charge in [-0.15, -0.1) is 0 Å². The van der Waals surface area contributed by atoms with Crippen molar-refractivity contribution in [1.29, 1.82) is 0 Å². The molecular weight excluding hydrogens is 348 g/mol. The van der Waals surface area contributed by atoms with E-state index in [1.165, 1.54) is 12.3 Å². The molecule has 1 aromatic carbocycles. The third-order valence-corrected chi connectivity index (χ3v) is 5.97. The fraction of sp³-hybridized carbons (Fsp3) is 0.375. The summed E-state index contributed by atoms with van der Waals surface area (Å²) in [6.07, 6.45) is 0.226. The van der Waals surface area contributed by atoms with E-state index in [4.69, 9.17) is 9.26 Å². The van der Waals surface area contributed by atoms with E-state index in [1.807, 2.05) is 0 Å². The van der Waals surface area contributed by atoms with E-state index in [-0.39, 0.29) is 11.4 Å². The molecular formula is C16H18N2O6S. The second kappa shape index (κ2) is 6.58. The maximum Gasteiger partial charge on any atom is 0.324 e. The van der Waals surface area contributed by atoms with Crippen molar-refractivity contribution in [2.75, 3.05) is 6.54 Å². The van der Waals surface area contributed by atoms with E-state index in [2.05, 4.69) is 5.16 Å². The Bertz CT molecular complexity index is 865. The maximum atomic E-state index is 13.3. The molecule has 25 heavy (non-hydrogen) atoms. The van der Waals surface area contributed by atoms with E-state index >= 15 is 0 Å². The molecule has 0 radical (unpaired) electrons. The summed E-state index contributed by atoms with van der Waals surface area (Å²) in [5, 5.41) is 13.1. The molecule has 9 heteroatoms. The van der Waals surface area contributed by atoms with Crippen LogP contribution in [-0.2, 0) is 19.6 Å². The summed E-state index contributed by atoms with van der Waals surface area (Å²) in [4.78, 5) is 11.6. The van der Waals surface area contributed by atoms with Gasteiger partial charge in [0.1, 0.15) is 6.04 Å². The van der Waals surface area contributed by atoms with Crippen LogP contribution in [0.1, 0.15) is 13.8 Å². The zero-order valence-corrected chi connectivity index (χ0v) is 14.5. The first-order valence-corrected chi connectivity index (χ1v) is 9.16. The Morgan fingerprint density at radius 1 is 1.28 bits per heavy atom. The van der Waals surface area contributed by atoms with Gasteiger partial charge < -0.3 is 14.4 Å². The van der Waals surface area contributed by atoms with Crippen molar-refractivity contribution in [2.45, 2.75) is 37.0 Å². The summed E-state index contributed by atoms with van der Waals surface area (Å²) >= 11 is 0. The molecule has 3 unspecified atom stereocenters. The molecule has 0 bridgehead atoms. The molecule has 0 aliphatic carbocycles. The van der Waals surface area contributed by atoms with E-state index in [0.29, 0.717) is 11.3 Å². The lowest BCUT2D eigenvalue weighted by atomic mass is 10.1. The predicted octanol–water partition coefficient (Wildman–Crippen LogP) is 1.59. The summed E-state index contributed by atoms with van der Waals surface area (Å²) in [7, 11) is -4.09. The number of sulfonamides is 1. The third-order valence-electron chi connectivity index (χ3n) is 4.07. The highest BCUT2D eigenvalue weighted by Crippen LogP contribution is 2.32. The van der Waals surface area contributed by atoms with Gasteiger partial charge in [-0.05, 0) is 26.0 Å². The van der Waals surface area contributed by atoms with Crippen LogP contribution in [0, 0.1) is 0 Å². The van der Waals surface area contributed by atoms with Crippen molar-refractivity contribution in [3.8, 4) is 11.3 Å². The lowest BCUT2D eigenvalue weighted by Gasteiger charge is -2.39. The fourth-order valence-corrected chi connectivity index (χ4v) is 4.95. The number of rotatable bonds is 4. The van der Waals surface area contributed by atoms with Crippen LogP contribution >= 0.6 is 0 Å². The minimum absolute atomic E-state index is 0.0284. The normalized spacial score (nSPS) is 25.0. The van der Waals surface area contributed by atoms with Crippen LogP contribution in [0.2, 0.25) is 0 Å². The monoisotopic (exact) mass is 366 g/mol. The van der Waals surface area contributed by atoms with Crippen LogP contribution in [0.4, 0.5) is 0 Å². The molecule has 1 aromatic heterocycles. The predicted molar refractivity (Wildman–Crippen MR) is 87.3 cm³/mol. The number of nitrogens with zero attached hydrogens (tertiary/aromatic N) is 2. The number of carboxylic acid groups (broad SMARTS) is 1. The topological polar surface area (TPSA) is 110 Å². The van der Waals surface area contributed by atoms with Crippen molar-refractivity contribution in [1.82, 2.24) is 9.46 Å². The summed E-state index contributed by atoms with van der Waals surface area (Å²) in [5.74, 6) is -0.958. The van der Waals surface area contributed by atoms with Crippen molar-refractivity contribution < 1.29 is 27.6 Å². The van der Waals surface area contributed by atoms with Crippen LogP contribution in [-0.4, -0.2) is 53.8 Å². The van der Waals surface area contributed by atoms with Gasteiger partial charge in [-0.2, -0.15) is 4.31 Å². The number of carboxylic acids is 1. The Kier molecular flexibility index (Phi) is 4.63. The Morgan fingerprint density at radius 3 is 2.64 bits per heavy atom. The lowest BCUT2D eigenvalue weighted by molar-refractivity contribution is -0.155. The van der Waals surface area contributed by atoms with Crippen LogP contribution in [0.25, 0.3) is 11.3 Å². The minimum atomic E-state index is -4.09. The van der Waals surface area contributed by atoms with Gasteiger partial charge in [-0.3, -0.25) is 4.79 Å². The first-order valence-electron chi connectivity index (χ1n) is 7.72. The largest absolute Gasteiger partial charge is 0.480 e. The molecule has 1 aliphatic heterocycles. The molecule has 1 aliphatic rings. The molecule has 3 atom stereocenters. The molecule has 1 saturated heterocycles. The molecule has 8 nitrogen and oxygen atoms in total. The zero-order chi connectivity index (χ0) is 18.2. The summed E-state index contributed by atoms with van der Waals surface area (Å²) < 4.78 is 38.1. The van der Waals surface area contributed by atoms with Crippen molar-refractivity contribution in [3.05, 3.63) is 36.5 Å². The molecule has 134 valence electrons. The molecule has 3 rings (SSSR count). The van der Waals surface area contributed by atoms with Gasteiger partial charge in [0.2, 0.25) is 10.0 Å². The average Bonchev–Trinajstić information content (AvgIpc) is 3.08.